The smallest absolute Gasteiger partial charge is 0.123 e. The van der Waals surface area contributed by atoms with Crippen LogP contribution in [0.5, 0.6) is 0 Å². The Balaban J connectivity index is 1.67. The van der Waals surface area contributed by atoms with Crippen molar-refractivity contribution in [2.45, 2.75) is 92.1 Å². The van der Waals surface area contributed by atoms with Gasteiger partial charge in [-0.1, -0.05) is 72.3 Å². The Morgan fingerprint density at radius 2 is 1.30 bits per heavy atom. The van der Waals surface area contributed by atoms with Gasteiger partial charge in [0.25, 0.3) is 0 Å². The van der Waals surface area contributed by atoms with E-state index in [-0.39, 0.29) is 0 Å². The van der Waals surface area contributed by atoms with Crippen molar-refractivity contribution in [1.29, 1.82) is 0 Å². The highest BCUT2D eigenvalue weighted by Crippen LogP contribution is 2.72. The molecule has 0 aromatic carbocycles. The molecule has 0 aliphatic heterocycles. The van der Waals surface area contributed by atoms with Crippen LogP contribution < -0.4 is 0 Å². The number of hydrogen-bond acceptors (Lipinski definition) is 1. The molecule has 0 unspecified atom stereocenters. The minimum Gasteiger partial charge on any atom is -0.592 e. The average Bonchev–Trinajstić information content (AvgIpc) is 2.63. The van der Waals surface area contributed by atoms with Crippen LogP contribution in [0.1, 0.15) is 74.1 Å². The lowest BCUT2D eigenvalue weighted by atomic mass is 9.15. The van der Waals surface area contributed by atoms with Crippen molar-refractivity contribution in [1.82, 2.24) is 0 Å². The zero-order valence-electron chi connectivity index (χ0n) is 19.3. The summed E-state index contributed by atoms with van der Waals surface area (Å²) in [5, 5.41) is 0. The molecule has 0 saturated heterocycles. The Hall–Kier alpha value is -0.235. The van der Waals surface area contributed by atoms with Crippen molar-refractivity contribution in [3.8, 4) is 0 Å². The van der Waals surface area contributed by atoms with E-state index in [1.54, 1.807) is 0 Å². The van der Waals surface area contributed by atoms with Crippen molar-refractivity contribution >= 4 is 6.35 Å². The molecule has 0 radical (unpaired) electrons. The van der Waals surface area contributed by atoms with Gasteiger partial charge in [-0.2, -0.15) is 0 Å². The fraction of sp³-hybridized carbons (Fsp3) is 0.920. The molecular weight excluding hydrogens is 327 g/mol. The summed E-state index contributed by atoms with van der Waals surface area (Å²) < 4.78 is 6.75. The Labute approximate surface area is 169 Å². The van der Waals surface area contributed by atoms with Crippen molar-refractivity contribution in [2.75, 3.05) is 7.11 Å². The normalized spacial score (nSPS) is 47.4. The van der Waals surface area contributed by atoms with Crippen LogP contribution in [0.2, 0.25) is 18.0 Å². The minimum atomic E-state index is -0.806. The number of allylic oxidation sites excluding steroid dienone is 2. The molecule has 0 amide bonds. The Morgan fingerprint density at radius 1 is 0.852 bits per heavy atom. The molecule has 0 aromatic rings. The number of rotatable bonds is 5. The fourth-order valence-electron chi connectivity index (χ4n) is 9.33. The van der Waals surface area contributed by atoms with Gasteiger partial charge in [-0.15, -0.1) is 24.0 Å². The van der Waals surface area contributed by atoms with Gasteiger partial charge in [0.1, 0.15) is 6.35 Å². The van der Waals surface area contributed by atoms with Gasteiger partial charge < -0.3 is 4.65 Å². The molecular formula is C25H44BO-. The molecule has 0 N–H and O–H groups in total. The third-order valence-corrected chi connectivity index (χ3v) is 11.5. The summed E-state index contributed by atoms with van der Waals surface area (Å²) in [6.45, 7) is 17.5. The molecule has 0 heterocycles. The van der Waals surface area contributed by atoms with Gasteiger partial charge in [0, 0.05) is 0 Å². The van der Waals surface area contributed by atoms with Crippen LogP contribution in [-0.4, -0.2) is 13.5 Å². The van der Waals surface area contributed by atoms with Crippen molar-refractivity contribution < 1.29 is 4.65 Å². The quantitative estimate of drug-likeness (QED) is 0.364. The second-order valence-corrected chi connectivity index (χ2v) is 12.4. The molecule has 6 aliphatic rings. The van der Waals surface area contributed by atoms with E-state index in [0.717, 1.165) is 47.1 Å². The van der Waals surface area contributed by atoms with Crippen LogP contribution in [0.4, 0.5) is 0 Å². The monoisotopic (exact) mass is 371 g/mol. The van der Waals surface area contributed by atoms with Crippen molar-refractivity contribution in [3.63, 3.8) is 0 Å². The van der Waals surface area contributed by atoms with Gasteiger partial charge in [0.15, 0.2) is 0 Å². The Bertz CT molecular complexity index is 563. The van der Waals surface area contributed by atoms with E-state index in [1.165, 1.54) is 32.0 Å². The molecule has 6 fully saturated rings. The largest absolute Gasteiger partial charge is 0.592 e. The maximum atomic E-state index is 6.75. The van der Waals surface area contributed by atoms with E-state index in [9.17, 15) is 0 Å². The minimum absolute atomic E-state index is 0.564. The molecule has 8 atom stereocenters. The molecule has 154 valence electrons. The summed E-state index contributed by atoms with van der Waals surface area (Å²) in [4.78, 5) is 0. The van der Waals surface area contributed by atoms with E-state index < -0.39 is 6.35 Å². The van der Waals surface area contributed by atoms with E-state index >= 15 is 0 Å². The molecule has 2 heteroatoms. The Kier molecular flexibility index (Phi) is 4.74. The van der Waals surface area contributed by atoms with Crippen LogP contribution in [0.25, 0.3) is 0 Å². The predicted molar refractivity (Wildman–Crippen MR) is 118 cm³/mol. The molecule has 4 bridgehead atoms. The lowest BCUT2D eigenvalue weighted by Crippen LogP contribution is -2.65. The van der Waals surface area contributed by atoms with Gasteiger partial charge in [-0.25, -0.2) is 0 Å². The molecule has 6 aliphatic carbocycles. The first kappa shape index (κ1) is 20.1. The van der Waals surface area contributed by atoms with Gasteiger partial charge >= 0.3 is 0 Å². The maximum absolute atomic E-state index is 6.75. The average molecular weight is 371 g/mol. The molecule has 6 rings (SSSR count). The third-order valence-electron chi connectivity index (χ3n) is 11.5. The second-order valence-electron chi connectivity index (χ2n) is 12.4. The van der Waals surface area contributed by atoms with Crippen molar-refractivity contribution in [2.24, 2.45) is 46.3 Å². The standard InChI is InChI=1S/C25H44BO/c1-9-10-11-26(27-8,22-14-18-12-20(16(22)2)24(18,4)5)23-15-19-13-21(17(23)3)25(19,6)7/h9-10,16-23H,11-15H2,1-8H3/q-1/b10-9+/t16-,17-,18+,19+,20-,21-,22-,23-/m1/s1. The van der Waals surface area contributed by atoms with Crippen LogP contribution in [0.15, 0.2) is 12.2 Å². The van der Waals surface area contributed by atoms with E-state index in [4.69, 9.17) is 4.65 Å². The topological polar surface area (TPSA) is 9.23 Å². The number of fused-ring (bicyclic) bond motifs is 4. The maximum Gasteiger partial charge on any atom is 0.123 e. The van der Waals surface area contributed by atoms with Gasteiger partial charge in [0.2, 0.25) is 0 Å². The first-order valence-corrected chi connectivity index (χ1v) is 11.9. The summed E-state index contributed by atoms with van der Waals surface area (Å²) in [5.41, 5.74) is 1.13. The van der Waals surface area contributed by atoms with Crippen LogP contribution in [-0.2, 0) is 4.65 Å². The highest BCUT2D eigenvalue weighted by Gasteiger charge is 2.63. The summed E-state index contributed by atoms with van der Waals surface area (Å²) in [6.07, 6.45) is 10.9. The number of hydrogen-bond donors (Lipinski definition) is 0. The molecule has 1 nitrogen and oxygen atoms in total. The molecule has 27 heavy (non-hydrogen) atoms. The van der Waals surface area contributed by atoms with E-state index in [0.29, 0.717) is 10.8 Å². The molecule has 0 spiro atoms. The zero-order valence-corrected chi connectivity index (χ0v) is 19.3. The summed E-state index contributed by atoms with van der Waals surface area (Å²) in [7, 11) is 2.07. The first-order valence-electron chi connectivity index (χ1n) is 11.9. The molecule has 6 saturated carbocycles. The van der Waals surface area contributed by atoms with Crippen LogP contribution >= 0.6 is 0 Å². The lowest BCUT2D eigenvalue weighted by molar-refractivity contribution is -0.113. The van der Waals surface area contributed by atoms with Gasteiger partial charge in [-0.05, 0) is 61.4 Å². The highest BCUT2D eigenvalue weighted by atomic mass is 16.4. The zero-order chi connectivity index (χ0) is 19.8. The summed E-state index contributed by atoms with van der Waals surface area (Å²) >= 11 is 0. The first-order chi connectivity index (χ1) is 12.6. The van der Waals surface area contributed by atoms with E-state index in [1.807, 2.05) is 0 Å². The second kappa shape index (κ2) is 6.38. The SMILES string of the molecule is C/C=C/C[B-](OC)([C@@H]1C[C@@H]2C[C@H]([C@H]1C)C2(C)C)[C@@H]1C[C@@H]2C[C@H]([C@H]1C)C2(C)C. The predicted octanol–water partition coefficient (Wildman–Crippen LogP) is 7.30. The van der Waals surface area contributed by atoms with Gasteiger partial charge in [0.05, 0.1) is 0 Å². The fourth-order valence-corrected chi connectivity index (χ4v) is 9.33. The van der Waals surface area contributed by atoms with Crippen molar-refractivity contribution in [3.05, 3.63) is 12.2 Å². The third kappa shape index (κ3) is 2.53. The lowest BCUT2D eigenvalue weighted by Gasteiger charge is -2.72. The van der Waals surface area contributed by atoms with Crippen LogP contribution in [0.3, 0.4) is 0 Å². The van der Waals surface area contributed by atoms with Crippen LogP contribution in [0, 0.1) is 46.3 Å². The summed E-state index contributed by atoms with van der Waals surface area (Å²) in [5.74, 6) is 6.88. The molecule has 0 aromatic heterocycles. The van der Waals surface area contributed by atoms with Gasteiger partial charge in [-0.3, -0.25) is 0 Å². The van der Waals surface area contributed by atoms with E-state index in [2.05, 4.69) is 67.7 Å². The Morgan fingerprint density at radius 3 is 1.59 bits per heavy atom. The highest BCUT2D eigenvalue weighted by molar-refractivity contribution is 6.77. The summed E-state index contributed by atoms with van der Waals surface area (Å²) in [6, 6.07) is 0.